The van der Waals surface area contributed by atoms with Gasteiger partial charge in [-0.25, -0.2) is 0 Å². The largest absolute Gasteiger partial charge is 0.308 e. The summed E-state index contributed by atoms with van der Waals surface area (Å²) in [5.74, 6) is 0. The molecule has 6 aliphatic carbocycles. The zero-order valence-corrected chi connectivity index (χ0v) is 82.2. The molecular weight excluding hydrogens is 1540 g/mol. The topological polar surface area (TPSA) is 14.8 Å². The van der Waals surface area contributed by atoms with Crippen molar-refractivity contribution in [3.05, 3.63) is 373 Å². The van der Waals surface area contributed by atoms with Gasteiger partial charge in [-0.05, 0) is 218 Å². The Balaban J connectivity index is 0.000000154. The van der Waals surface area contributed by atoms with Gasteiger partial charge in [0, 0.05) is 69.1 Å². The lowest BCUT2D eigenvalue weighted by atomic mass is 9.88. The summed E-state index contributed by atoms with van der Waals surface area (Å²) >= 11 is 0. The first-order valence-electron chi connectivity index (χ1n) is 49.8. The highest BCUT2D eigenvalue weighted by atomic mass is 15.0. The highest BCUT2D eigenvalue weighted by Gasteiger charge is 2.38. The number of para-hydroxylation sites is 3. The smallest absolute Gasteiger partial charge is 0.0583 e. The second-order valence-electron chi connectivity index (χ2n) is 30.3. The van der Waals surface area contributed by atoms with Gasteiger partial charge in [0.25, 0.3) is 0 Å². The third-order valence-corrected chi connectivity index (χ3v) is 25.3. The molecule has 15 aromatic carbocycles. The van der Waals surface area contributed by atoms with Gasteiger partial charge in [0.05, 0.1) is 50.2 Å². The van der Waals surface area contributed by atoms with E-state index in [1.54, 1.807) is 0 Å². The Labute approximate surface area is 768 Å². The Kier molecular flexibility index (Phi) is 31.9. The number of benzene rings is 15. The molecule has 3 aliphatic heterocycles. The molecule has 0 saturated heterocycles. The number of nitrogens with zero attached hydrogens (tertiary/aromatic N) is 3. The van der Waals surface area contributed by atoms with Crippen LogP contribution in [0.4, 0.5) is 0 Å². The zero-order chi connectivity index (χ0) is 91.9. The molecule has 0 saturated carbocycles. The van der Waals surface area contributed by atoms with E-state index < -0.39 is 0 Å². The Morgan fingerprint density at radius 1 is 0.156 bits per heavy atom. The average Bonchev–Trinajstić information content (AvgIpc) is 1.53. The molecule has 3 heteroatoms. The van der Waals surface area contributed by atoms with Crippen molar-refractivity contribution in [1.29, 1.82) is 0 Å². The Morgan fingerprint density at radius 3 is 0.922 bits per heavy atom. The molecule has 0 atom stereocenters. The number of fused-ring (bicyclic) bond motifs is 39. The normalized spacial score (nSPS) is 11.9. The molecule has 0 radical (unpaired) electrons. The lowest BCUT2D eigenvalue weighted by Gasteiger charge is -2.25. The Hall–Kier alpha value is -12.3. The summed E-state index contributed by atoms with van der Waals surface area (Å²) in [4.78, 5) is 0. The van der Waals surface area contributed by atoms with Crippen LogP contribution in [0.5, 0.6) is 0 Å². The summed E-state index contributed by atoms with van der Waals surface area (Å²) in [6.45, 7) is 52.0. The van der Waals surface area contributed by atoms with Crippen molar-refractivity contribution < 1.29 is 0 Å². The fraction of sp³-hybridized carbons (Fsp3) is 0.280. The van der Waals surface area contributed by atoms with Crippen LogP contribution in [0.15, 0.2) is 273 Å². The van der Waals surface area contributed by atoms with Crippen LogP contribution in [0.2, 0.25) is 0 Å². The van der Waals surface area contributed by atoms with Crippen LogP contribution in [0.3, 0.4) is 0 Å². The van der Waals surface area contributed by atoms with Gasteiger partial charge >= 0.3 is 0 Å². The van der Waals surface area contributed by atoms with Crippen molar-refractivity contribution in [2.24, 2.45) is 0 Å². The first-order chi connectivity index (χ1) is 63.6. The molecule has 6 heterocycles. The highest BCUT2D eigenvalue weighted by molar-refractivity contribution is 6.21. The van der Waals surface area contributed by atoms with Gasteiger partial charge < -0.3 is 13.7 Å². The SMILES string of the molecule is CC.CC.CC.CC.CC.CC.CC.CC.CC.CC.CC.CC.CC.c1ccc2c(c1)Cc1c-2cc2c3c1c1ccccc1n3-c1c(ccc3c1-c1ccccc1C3)C2.c1ccc2c(c1)Cc1c-2ccc2c1-n1c3ccccc3c3cc4c(c(c31)C2)Cc1ccccc1-4.c1ccc2c(c1)Cc1ccc3c(c1-2)-n1c2ccccc2c2c4c(cc(c21)C3)Cc1ccccc1-4. The molecule has 27 rings (SSSR count). The lowest BCUT2D eigenvalue weighted by Crippen LogP contribution is -2.12. The van der Waals surface area contributed by atoms with E-state index in [4.69, 9.17) is 0 Å². The lowest BCUT2D eigenvalue weighted by molar-refractivity contribution is 1.00. The minimum atomic E-state index is 0.993. The van der Waals surface area contributed by atoms with Crippen LogP contribution in [-0.2, 0) is 57.8 Å². The minimum Gasteiger partial charge on any atom is -0.308 e. The minimum absolute atomic E-state index is 0.993. The van der Waals surface area contributed by atoms with Gasteiger partial charge in [-0.3, -0.25) is 0 Å². The maximum Gasteiger partial charge on any atom is 0.0583 e. The van der Waals surface area contributed by atoms with Gasteiger partial charge in [-0.1, -0.05) is 423 Å². The standard InChI is InChI=1S/3C33H21N.13C2H6/c1-3-9-24-20(8-1)17-28-27(24)18-23-16-22-14-13-21-15-19-7-2-4-10-25(19)30(21)32(22)34-29-12-6-5-11-26(29)31(28)33(23)34;1-3-9-22-20(8-1)16-28-24(22)14-13-21-17-29-26-15-19-7-2-4-10-23(19)27(26)18-30-25-11-5-6-12-31(25)34(32(21)28)33(29)30;1-3-9-25-20(8-1)16-23-18-24-17-22-14-13-21-15-19-7-2-4-10-26(19)30(21)32(22)34-28-12-6-5-11-27(28)31(29(23)25)33(24)34;13*1-2/h3*1-14,18H,15-17H2;13*1-2H3. The predicted molar refractivity (Wildman–Crippen MR) is 568 cm³/mol. The highest BCUT2D eigenvalue weighted by Crippen LogP contribution is 2.57. The molecule has 0 bridgehead atoms. The first kappa shape index (κ1) is 94.8. The van der Waals surface area contributed by atoms with Crippen LogP contribution < -0.4 is 0 Å². The van der Waals surface area contributed by atoms with Crippen LogP contribution in [-0.4, -0.2) is 13.7 Å². The average molecular weight is 1690 g/mol. The van der Waals surface area contributed by atoms with E-state index in [0.29, 0.717) is 0 Å². The van der Waals surface area contributed by atoms with E-state index in [-0.39, 0.29) is 0 Å². The van der Waals surface area contributed by atoms with Crippen molar-refractivity contribution in [2.45, 2.75) is 238 Å². The van der Waals surface area contributed by atoms with Crippen molar-refractivity contribution in [3.63, 3.8) is 0 Å². The summed E-state index contributed by atoms with van der Waals surface area (Å²) in [7, 11) is 0. The Bertz CT molecular complexity index is 6970. The summed E-state index contributed by atoms with van der Waals surface area (Å²) in [5.41, 5.74) is 56.2. The summed E-state index contributed by atoms with van der Waals surface area (Å²) in [6.07, 6.45) is 9.21. The van der Waals surface area contributed by atoms with Gasteiger partial charge in [0.15, 0.2) is 0 Å². The van der Waals surface area contributed by atoms with Crippen LogP contribution in [0, 0.1) is 0 Å². The van der Waals surface area contributed by atoms with E-state index in [2.05, 4.69) is 287 Å². The number of hydrogen-bond acceptors (Lipinski definition) is 0. The molecule has 9 aliphatic rings. The van der Waals surface area contributed by atoms with Gasteiger partial charge in [-0.15, -0.1) is 0 Å². The molecule has 0 N–H and O–H groups in total. The van der Waals surface area contributed by atoms with Gasteiger partial charge in [0.1, 0.15) is 0 Å². The maximum absolute atomic E-state index is 2.62. The predicted octanol–water partition coefficient (Wildman–Crippen LogP) is 36.8. The van der Waals surface area contributed by atoms with E-state index >= 15 is 0 Å². The van der Waals surface area contributed by atoms with Crippen molar-refractivity contribution in [2.75, 3.05) is 0 Å². The van der Waals surface area contributed by atoms with Crippen molar-refractivity contribution in [3.8, 4) is 83.8 Å². The Morgan fingerprint density at radius 2 is 0.453 bits per heavy atom. The molecule has 0 spiro atoms. The molecule has 18 aromatic rings. The van der Waals surface area contributed by atoms with Crippen LogP contribution >= 0.6 is 0 Å². The third-order valence-electron chi connectivity index (χ3n) is 25.3. The first-order valence-corrected chi connectivity index (χ1v) is 49.8. The third kappa shape index (κ3) is 15.5. The fourth-order valence-corrected chi connectivity index (χ4v) is 21.3. The van der Waals surface area contributed by atoms with E-state index in [9.17, 15) is 0 Å². The van der Waals surface area contributed by atoms with Crippen molar-refractivity contribution in [1.82, 2.24) is 13.7 Å². The summed E-state index contributed by atoms with van der Waals surface area (Å²) < 4.78 is 7.84. The second kappa shape index (κ2) is 43.0. The molecule has 0 amide bonds. The molecule has 128 heavy (non-hydrogen) atoms. The van der Waals surface area contributed by atoms with Crippen LogP contribution in [0.25, 0.3) is 149 Å². The molecule has 3 aromatic heterocycles. The second-order valence-corrected chi connectivity index (χ2v) is 30.3. The molecule has 0 fully saturated rings. The van der Waals surface area contributed by atoms with Gasteiger partial charge in [0.2, 0.25) is 0 Å². The number of rotatable bonds is 0. The summed E-state index contributed by atoms with van der Waals surface area (Å²) in [6, 6.07) is 103. The monoisotopic (exact) mass is 1680 g/mol. The maximum atomic E-state index is 2.62. The molecule has 656 valence electrons. The molecule has 3 nitrogen and oxygen atoms in total. The van der Waals surface area contributed by atoms with Crippen molar-refractivity contribution >= 4 is 65.4 Å². The quantitative estimate of drug-likeness (QED) is 0.144. The molecular formula is C125H141N3. The van der Waals surface area contributed by atoms with Gasteiger partial charge in [-0.2, -0.15) is 0 Å². The fourth-order valence-electron chi connectivity index (χ4n) is 21.3. The zero-order valence-electron chi connectivity index (χ0n) is 82.2. The van der Waals surface area contributed by atoms with E-state index in [0.717, 1.165) is 57.8 Å². The number of aromatic nitrogens is 3. The van der Waals surface area contributed by atoms with E-state index in [1.807, 2.05) is 180 Å². The van der Waals surface area contributed by atoms with E-state index in [1.165, 1.54) is 249 Å². The number of hydrogen-bond donors (Lipinski definition) is 0. The summed E-state index contributed by atoms with van der Waals surface area (Å²) in [5, 5.41) is 8.45. The molecule has 0 unspecified atom stereocenters. The van der Waals surface area contributed by atoms with Crippen LogP contribution in [0.1, 0.15) is 280 Å².